The molecule has 0 saturated heterocycles. The SMILES string of the molecule is C[C@H](NC(=O)Cc1cccc(Cl)c1)C(=O)N[C@@H]1CN(C)c2ccccc2C(c2ccccc2)=N1. The van der Waals surface area contributed by atoms with Gasteiger partial charge in [0.05, 0.1) is 18.7 Å². The normalized spacial score (nSPS) is 16.0. The van der Waals surface area contributed by atoms with Gasteiger partial charge in [0, 0.05) is 28.9 Å². The number of nitrogens with one attached hydrogen (secondary N) is 2. The molecule has 34 heavy (non-hydrogen) atoms. The average molecular weight is 475 g/mol. The summed E-state index contributed by atoms with van der Waals surface area (Å²) in [5.41, 5.74) is 4.65. The van der Waals surface area contributed by atoms with E-state index in [0.29, 0.717) is 11.6 Å². The summed E-state index contributed by atoms with van der Waals surface area (Å²) in [6.07, 6.45) is -0.330. The van der Waals surface area contributed by atoms with Gasteiger partial charge in [0.15, 0.2) is 0 Å². The lowest BCUT2D eigenvalue weighted by atomic mass is 10.0. The highest BCUT2D eigenvalue weighted by molar-refractivity contribution is 6.30. The number of aliphatic imine (C=N–C) groups is 1. The number of likely N-dealkylation sites (N-methyl/N-ethyl adjacent to an activating group) is 1. The number of nitrogens with zero attached hydrogens (tertiary/aromatic N) is 2. The summed E-state index contributed by atoms with van der Waals surface area (Å²) >= 11 is 6.00. The summed E-state index contributed by atoms with van der Waals surface area (Å²) in [6.45, 7) is 2.17. The van der Waals surface area contributed by atoms with Gasteiger partial charge in [0.25, 0.3) is 0 Å². The van der Waals surface area contributed by atoms with Crippen LogP contribution in [0.3, 0.4) is 0 Å². The summed E-state index contributed by atoms with van der Waals surface area (Å²) in [5.74, 6) is -0.538. The molecular weight excluding hydrogens is 448 g/mol. The standard InChI is InChI=1S/C27H27ClN4O2/c1-18(29-25(33)16-19-9-8-12-21(28)15-19)27(34)31-24-17-32(2)23-14-7-6-13-22(23)26(30-24)20-10-4-3-5-11-20/h3-15,18,24H,16-17H2,1-2H3,(H,29,33)(H,31,34)/t18-,24+/m0/s1. The molecule has 0 unspecified atom stereocenters. The van der Waals surface area contributed by atoms with Crippen LogP contribution in [0.2, 0.25) is 5.02 Å². The molecule has 1 aliphatic rings. The molecule has 0 fully saturated rings. The zero-order chi connectivity index (χ0) is 24.1. The third-order valence-corrected chi connectivity index (χ3v) is 5.92. The van der Waals surface area contributed by atoms with E-state index < -0.39 is 12.2 Å². The monoisotopic (exact) mass is 474 g/mol. The first kappa shape index (κ1) is 23.5. The number of hydrogen-bond acceptors (Lipinski definition) is 4. The van der Waals surface area contributed by atoms with Crippen LogP contribution in [-0.2, 0) is 16.0 Å². The van der Waals surface area contributed by atoms with Gasteiger partial charge in [-0.2, -0.15) is 0 Å². The molecule has 0 radical (unpaired) electrons. The van der Waals surface area contributed by atoms with Crippen molar-refractivity contribution >= 4 is 34.8 Å². The van der Waals surface area contributed by atoms with E-state index in [9.17, 15) is 9.59 Å². The topological polar surface area (TPSA) is 73.8 Å². The van der Waals surface area contributed by atoms with Crippen molar-refractivity contribution in [3.8, 4) is 0 Å². The zero-order valence-corrected chi connectivity index (χ0v) is 19.9. The van der Waals surface area contributed by atoms with Crippen LogP contribution in [0.1, 0.15) is 23.6 Å². The second-order valence-corrected chi connectivity index (χ2v) is 8.80. The summed E-state index contributed by atoms with van der Waals surface area (Å²) in [5, 5.41) is 6.34. The summed E-state index contributed by atoms with van der Waals surface area (Å²) in [6, 6.07) is 24.4. The maximum absolute atomic E-state index is 13.0. The van der Waals surface area contributed by atoms with Crippen LogP contribution >= 0.6 is 11.6 Å². The fourth-order valence-corrected chi connectivity index (χ4v) is 4.23. The van der Waals surface area contributed by atoms with Crippen LogP contribution in [0, 0.1) is 0 Å². The Balaban J connectivity index is 1.49. The van der Waals surface area contributed by atoms with Crippen molar-refractivity contribution in [3.05, 3.63) is 101 Å². The third-order valence-electron chi connectivity index (χ3n) is 5.68. The lowest BCUT2D eigenvalue weighted by molar-refractivity contribution is -0.128. The van der Waals surface area contributed by atoms with Crippen LogP contribution < -0.4 is 15.5 Å². The predicted octanol–water partition coefficient (Wildman–Crippen LogP) is 3.82. The summed E-state index contributed by atoms with van der Waals surface area (Å²) in [7, 11) is 1.98. The largest absolute Gasteiger partial charge is 0.370 e. The molecule has 2 N–H and O–H groups in total. The first-order valence-corrected chi connectivity index (χ1v) is 11.6. The van der Waals surface area contributed by atoms with E-state index in [2.05, 4.69) is 21.6 Å². The van der Waals surface area contributed by atoms with Crippen molar-refractivity contribution in [1.82, 2.24) is 10.6 Å². The second-order valence-electron chi connectivity index (χ2n) is 8.36. The number of rotatable bonds is 6. The number of amides is 2. The third kappa shape index (κ3) is 5.64. The molecule has 2 amide bonds. The van der Waals surface area contributed by atoms with Gasteiger partial charge in [0.1, 0.15) is 12.2 Å². The molecule has 0 spiro atoms. The van der Waals surface area contributed by atoms with Crippen LogP contribution in [0.5, 0.6) is 0 Å². The number of anilines is 1. The van der Waals surface area contributed by atoms with Crippen LogP contribution in [-0.4, -0.2) is 43.3 Å². The van der Waals surface area contributed by atoms with E-state index >= 15 is 0 Å². The fraction of sp³-hybridized carbons (Fsp3) is 0.222. The van der Waals surface area contributed by atoms with Gasteiger partial charge in [-0.15, -0.1) is 0 Å². The van der Waals surface area contributed by atoms with Crippen molar-refractivity contribution in [1.29, 1.82) is 0 Å². The van der Waals surface area contributed by atoms with Gasteiger partial charge in [-0.05, 0) is 30.7 Å². The number of hydrogen-bond donors (Lipinski definition) is 2. The van der Waals surface area contributed by atoms with Crippen molar-refractivity contribution in [2.45, 2.75) is 25.6 Å². The lowest BCUT2D eigenvalue weighted by Crippen LogP contribution is -2.50. The van der Waals surface area contributed by atoms with Gasteiger partial charge < -0.3 is 15.5 Å². The Morgan fingerprint density at radius 1 is 1.06 bits per heavy atom. The van der Waals surface area contributed by atoms with E-state index in [-0.39, 0.29) is 18.2 Å². The molecule has 0 saturated carbocycles. The molecule has 1 heterocycles. The van der Waals surface area contributed by atoms with E-state index in [1.54, 1.807) is 25.1 Å². The number of para-hydroxylation sites is 1. The predicted molar refractivity (Wildman–Crippen MR) is 136 cm³/mol. The highest BCUT2D eigenvalue weighted by Crippen LogP contribution is 2.26. The lowest BCUT2D eigenvalue weighted by Gasteiger charge is -2.24. The van der Waals surface area contributed by atoms with Gasteiger partial charge in [-0.3, -0.25) is 14.6 Å². The molecule has 0 bridgehead atoms. The molecule has 174 valence electrons. The Morgan fingerprint density at radius 2 is 1.79 bits per heavy atom. The van der Waals surface area contributed by atoms with Crippen molar-refractivity contribution in [2.24, 2.45) is 4.99 Å². The highest BCUT2D eigenvalue weighted by atomic mass is 35.5. The Hall–Kier alpha value is -3.64. The van der Waals surface area contributed by atoms with Gasteiger partial charge in [-0.25, -0.2) is 0 Å². The number of carbonyl (C=O) groups is 2. The minimum Gasteiger partial charge on any atom is -0.370 e. The molecule has 0 aliphatic carbocycles. The average Bonchev–Trinajstić information content (AvgIpc) is 2.96. The van der Waals surface area contributed by atoms with E-state index in [1.165, 1.54) is 0 Å². The minimum absolute atomic E-state index is 0.149. The molecule has 1 aliphatic heterocycles. The van der Waals surface area contributed by atoms with Crippen LogP contribution in [0.15, 0.2) is 83.9 Å². The Morgan fingerprint density at radius 3 is 2.56 bits per heavy atom. The van der Waals surface area contributed by atoms with Crippen LogP contribution in [0.4, 0.5) is 5.69 Å². The van der Waals surface area contributed by atoms with Gasteiger partial charge in [0.2, 0.25) is 11.8 Å². The fourth-order valence-electron chi connectivity index (χ4n) is 4.01. The first-order valence-electron chi connectivity index (χ1n) is 11.2. The highest BCUT2D eigenvalue weighted by Gasteiger charge is 2.25. The molecule has 0 aromatic heterocycles. The van der Waals surface area contributed by atoms with Gasteiger partial charge in [-0.1, -0.05) is 72.3 Å². The second kappa shape index (κ2) is 10.5. The number of halogens is 1. The summed E-state index contributed by atoms with van der Waals surface area (Å²) < 4.78 is 0. The van der Waals surface area contributed by atoms with E-state index in [4.69, 9.17) is 16.6 Å². The molecule has 3 aromatic rings. The quantitative estimate of drug-likeness (QED) is 0.570. The number of benzene rings is 3. The molecule has 3 aromatic carbocycles. The van der Waals surface area contributed by atoms with E-state index in [1.807, 2.05) is 61.6 Å². The minimum atomic E-state index is -0.710. The summed E-state index contributed by atoms with van der Waals surface area (Å²) in [4.78, 5) is 32.4. The van der Waals surface area contributed by atoms with Crippen LogP contribution in [0.25, 0.3) is 0 Å². The van der Waals surface area contributed by atoms with Gasteiger partial charge >= 0.3 is 0 Å². The molecule has 6 nitrogen and oxygen atoms in total. The van der Waals surface area contributed by atoms with Crippen molar-refractivity contribution in [3.63, 3.8) is 0 Å². The Kier molecular flexibility index (Phi) is 7.28. The number of benzodiazepines with no additional fused rings is 1. The van der Waals surface area contributed by atoms with E-state index in [0.717, 1.165) is 28.1 Å². The number of fused-ring (bicyclic) bond motifs is 1. The molecule has 4 rings (SSSR count). The molecule has 2 atom stereocenters. The smallest absolute Gasteiger partial charge is 0.243 e. The van der Waals surface area contributed by atoms with Crippen molar-refractivity contribution < 1.29 is 9.59 Å². The molecular formula is C27H27ClN4O2. The molecule has 7 heteroatoms. The maximum Gasteiger partial charge on any atom is 0.243 e. The zero-order valence-electron chi connectivity index (χ0n) is 19.2. The first-order chi connectivity index (χ1) is 16.4. The van der Waals surface area contributed by atoms with Crippen molar-refractivity contribution in [2.75, 3.05) is 18.5 Å². The number of carbonyl (C=O) groups excluding carboxylic acids is 2. The Labute approximate surface area is 204 Å². The Bertz CT molecular complexity index is 1210. The maximum atomic E-state index is 13.0.